The molecular formula is C21H21N3O3. The van der Waals surface area contributed by atoms with Crippen molar-refractivity contribution < 1.29 is 14.3 Å². The Kier molecular flexibility index (Phi) is 5.41. The zero-order chi connectivity index (χ0) is 19.3. The Bertz CT molecular complexity index is 899. The van der Waals surface area contributed by atoms with Crippen LogP contribution < -0.4 is 14.8 Å². The summed E-state index contributed by atoms with van der Waals surface area (Å²) in [5, 5.41) is 12.1. The van der Waals surface area contributed by atoms with Crippen molar-refractivity contribution in [3.63, 3.8) is 0 Å². The van der Waals surface area contributed by atoms with Crippen molar-refractivity contribution >= 4 is 12.0 Å². The van der Waals surface area contributed by atoms with Crippen LogP contribution in [0.5, 0.6) is 11.5 Å². The molecule has 2 aromatic rings. The summed E-state index contributed by atoms with van der Waals surface area (Å²) in [6, 6.07) is 11.0. The number of hydrogen-bond acceptors (Lipinski definition) is 5. The summed E-state index contributed by atoms with van der Waals surface area (Å²) in [7, 11) is 0. The minimum absolute atomic E-state index is 0.0220. The largest absolute Gasteiger partial charge is 0.489 e. The number of fused-ring (bicyclic) bond motifs is 1. The summed E-state index contributed by atoms with van der Waals surface area (Å²) in [5.74, 6) is 0.842. The van der Waals surface area contributed by atoms with Crippen molar-refractivity contribution in [2.45, 2.75) is 20.4 Å². The van der Waals surface area contributed by atoms with E-state index in [4.69, 9.17) is 9.47 Å². The van der Waals surface area contributed by atoms with Gasteiger partial charge in [-0.25, -0.2) is 0 Å². The molecule has 1 aromatic carbocycles. The van der Waals surface area contributed by atoms with Gasteiger partial charge in [-0.1, -0.05) is 26.0 Å². The van der Waals surface area contributed by atoms with Crippen molar-refractivity contribution in [3.05, 3.63) is 59.4 Å². The zero-order valence-electron chi connectivity index (χ0n) is 15.4. The molecule has 0 saturated carbocycles. The molecule has 0 fully saturated rings. The number of hydrogen-bond donors (Lipinski definition) is 1. The van der Waals surface area contributed by atoms with E-state index in [2.05, 4.69) is 24.1 Å². The van der Waals surface area contributed by atoms with Gasteiger partial charge >= 0.3 is 0 Å². The number of nitrogens with one attached hydrogen (secondary N) is 1. The summed E-state index contributed by atoms with van der Waals surface area (Å²) in [4.78, 5) is 16.3. The van der Waals surface area contributed by atoms with Gasteiger partial charge in [-0.15, -0.1) is 0 Å². The van der Waals surface area contributed by atoms with Crippen LogP contribution in [0.1, 0.15) is 25.0 Å². The number of nitrogens with zero attached hydrogens (tertiary/aromatic N) is 2. The highest BCUT2D eigenvalue weighted by molar-refractivity contribution is 6.01. The van der Waals surface area contributed by atoms with E-state index < -0.39 is 5.91 Å². The van der Waals surface area contributed by atoms with Crippen molar-refractivity contribution in [2.75, 3.05) is 13.2 Å². The molecule has 0 saturated heterocycles. The van der Waals surface area contributed by atoms with E-state index in [0.717, 1.165) is 5.56 Å². The van der Waals surface area contributed by atoms with E-state index in [1.165, 1.54) is 6.08 Å². The number of nitriles is 1. The molecule has 6 heteroatoms. The fraction of sp³-hybridized carbons (Fsp3) is 0.286. The third-order valence-electron chi connectivity index (χ3n) is 4.06. The Hall–Kier alpha value is -3.33. The molecular weight excluding hydrogens is 342 g/mol. The Morgan fingerprint density at radius 1 is 1.30 bits per heavy atom. The maximum Gasteiger partial charge on any atom is 0.262 e. The molecule has 1 aliphatic heterocycles. The Balaban J connectivity index is 1.73. The topological polar surface area (TPSA) is 84.2 Å². The van der Waals surface area contributed by atoms with E-state index in [1.807, 2.05) is 12.1 Å². The lowest BCUT2D eigenvalue weighted by Crippen LogP contribution is -2.26. The molecule has 0 aliphatic carbocycles. The summed E-state index contributed by atoms with van der Waals surface area (Å²) in [5.41, 5.74) is 1.50. The van der Waals surface area contributed by atoms with Gasteiger partial charge < -0.3 is 14.8 Å². The molecule has 2 heterocycles. The van der Waals surface area contributed by atoms with Crippen LogP contribution in [-0.2, 0) is 11.3 Å². The molecule has 3 rings (SSSR count). The lowest BCUT2D eigenvalue weighted by Gasteiger charge is -2.19. The van der Waals surface area contributed by atoms with Crippen LogP contribution in [0.25, 0.3) is 6.08 Å². The van der Waals surface area contributed by atoms with Gasteiger partial charge in [0, 0.05) is 24.4 Å². The lowest BCUT2D eigenvalue weighted by atomic mass is 9.97. The fourth-order valence-electron chi connectivity index (χ4n) is 2.53. The van der Waals surface area contributed by atoms with Gasteiger partial charge in [0.1, 0.15) is 11.6 Å². The monoisotopic (exact) mass is 363 g/mol. The fourth-order valence-corrected chi connectivity index (χ4v) is 2.53. The number of benzene rings is 1. The highest BCUT2D eigenvalue weighted by Gasteiger charge is 2.25. The second-order valence-corrected chi connectivity index (χ2v) is 7.16. The van der Waals surface area contributed by atoms with Crippen LogP contribution >= 0.6 is 0 Å². The second-order valence-electron chi connectivity index (χ2n) is 7.16. The first-order valence-electron chi connectivity index (χ1n) is 8.65. The van der Waals surface area contributed by atoms with Crippen molar-refractivity contribution in [1.29, 1.82) is 5.26 Å². The van der Waals surface area contributed by atoms with Crippen LogP contribution in [0.15, 0.2) is 48.3 Å². The SMILES string of the molecule is CC1(C)COc2ccc(/C=C(\C#N)C(=O)NCc3cccnc3)cc2OC1. The standard InChI is InChI=1S/C21H21N3O3/c1-21(2)13-26-18-6-5-15(9-19(18)27-14-21)8-17(10-22)20(25)24-12-16-4-3-7-23-11-16/h3-9,11H,12-14H2,1-2H3,(H,24,25)/b17-8+. The summed E-state index contributed by atoms with van der Waals surface area (Å²) in [6.45, 7) is 5.54. The number of carbonyl (C=O) groups is 1. The van der Waals surface area contributed by atoms with Gasteiger partial charge in [0.15, 0.2) is 11.5 Å². The first-order chi connectivity index (χ1) is 13.0. The molecule has 1 aromatic heterocycles. The van der Waals surface area contributed by atoms with E-state index in [9.17, 15) is 10.1 Å². The highest BCUT2D eigenvalue weighted by Crippen LogP contribution is 2.34. The van der Waals surface area contributed by atoms with Gasteiger partial charge in [-0.05, 0) is 35.4 Å². The molecule has 1 aliphatic rings. The predicted octanol–water partition coefficient (Wildman–Crippen LogP) is 3.10. The Morgan fingerprint density at radius 3 is 2.78 bits per heavy atom. The minimum atomic E-state index is -0.436. The zero-order valence-corrected chi connectivity index (χ0v) is 15.4. The molecule has 0 atom stereocenters. The van der Waals surface area contributed by atoms with Crippen LogP contribution in [-0.4, -0.2) is 24.1 Å². The van der Waals surface area contributed by atoms with Crippen LogP contribution in [0.3, 0.4) is 0 Å². The Labute approximate surface area is 158 Å². The first-order valence-corrected chi connectivity index (χ1v) is 8.65. The number of rotatable bonds is 4. The van der Waals surface area contributed by atoms with Crippen LogP contribution in [0.4, 0.5) is 0 Å². The molecule has 0 bridgehead atoms. The molecule has 1 amide bonds. The van der Waals surface area contributed by atoms with Crippen molar-refractivity contribution in [3.8, 4) is 17.6 Å². The number of ether oxygens (including phenoxy) is 2. The van der Waals surface area contributed by atoms with Gasteiger partial charge in [-0.3, -0.25) is 9.78 Å². The van der Waals surface area contributed by atoms with Crippen LogP contribution in [0, 0.1) is 16.7 Å². The third kappa shape index (κ3) is 4.85. The van der Waals surface area contributed by atoms with Gasteiger partial charge in [-0.2, -0.15) is 5.26 Å². The smallest absolute Gasteiger partial charge is 0.262 e. The van der Waals surface area contributed by atoms with Gasteiger partial charge in [0.2, 0.25) is 0 Å². The van der Waals surface area contributed by atoms with Crippen molar-refractivity contribution in [1.82, 2.24) is 10.3 Å². The maximum atomic E-state index is 12.3. The number of pyridine rings is 1. The van der Waals surface area contributed by atoms with Crippen molar-refractivity contribution in [2.24, 2.45) is 5.41 Å². The molecule has 0 spiro atoms. The molecule has 0 unspecified atom stereocenters. The van der Waals surface area contributed by atoms with E-state index in [-0.39, 0.29) is 11.0 Å². The normalized spacial score (nSPS) is 15.4. The second kappa shape index (κ2) is 7.92. The van der Waals surface area contributed by atoms with E-state index >= 15 is 0 Å². The minimum Gasteiger partial charge on any atom is -0.489 e. The molecule has 0 radical (unpaired) electrons. The summed E-state index contributed by atoms with van der Waals surface area (Å²) < 4.78 is 11.6. The summed E-state index contributed by atoms with van der Waals surface area (Å²) >= 11 is 0. The maximum absolute atomic E-state index is 12.3. The first kappa shape index (κ1) is 18.5. The van der Waals surface area contributed by atoms with Crippen LogP contribution in [0.2, 0.25) is 0 Å². The quantitative estimate of drug-likeness (QED) is 0.666. The summed E-state index contributed by atoms with van der Waals surface area (Å²) in [6.07, 6.45) is 4.87. The number of amides is 1. The number of carbonyl (C=O) groups excluding carboxylic acids is 1. The molecule has 27 heavy (non-hydrogen) atoms. The third-order valence-corrected chi connectivity index (χ3v) is 4.06. The average molecular weight is 363 g/mol. The number of aromatic nitrogens is 1. The Morgan fingerprint density at radius 2 is 2.07 bits per heavy atom. The van der Waals surface area contributed by atoms with E-state index in [1.54, 1.807) is 36.7 Å². The molecule has 6 nitrogen and oxygen atoms in total. The van der Waals surface area contributed by atoms with Gasteiger partial charge in [0.25, 0.3) is 5.91 Å². The van der Waals surface area contributed by atoms with Gasteiger partial charge in [0.05, 0.1) is 13.2 Å². The molecule has 1 N–H and O–H groups in total. The average Bonchev–Trinajstić information content (AvgIpc) is 2.83. The lowest BCUT2D eigenvalue weighted by molar-refractivity contribution is -0.117. The predicted molar refractivity (Wildman–Crippen MR) is 101 cm³/mol. The molecule has 138 valence electrons. The van der Waals surface area contributed by atoms with E-state index in [0.29, 0.717) is 36.8 Å². The highest BCUT2D eigenvalue weighted by atomic mass is 16.5.